The van der Waals surface area contributed by atoms with Crippen molar-refractivity contribution in [2.45, 2.75) is 52.4 Å². The third-order valence-corrected chi connectivity index (χ3v) is 4.98. The Morgan fingerprint density at radius 1 is 1.28 bits per heavy atom. The molecule has 0 aromatic heterocycles. The molecule has 2 bridgehead atoms. The first kappa shape index (κ1) is 13.9. The van der Waals surface area contributed by atoms with E-state index in [0.29, 0.717) is 11.3 Å². The van der Waals surface area contributed by atoms with E-state index in [1.807, 2.05) is 0 Å². The Hall–Kier alpha value is -0.570. The minimum atomic E-state index is -0.118. The van der Waals surface area contributed by atoms with Crippen LogP contribution in [-0.2, 0) is 9.53 Å². The molecule has 0 saturated heterocycles. The molecule has 0 radical (unpaired) electrons. The highest BCUT2D eigenvalue weighted by atomic mass is 16.5. The van der Waals surface area contributed by atoms with E-state index in [-0.39, 0.29) is 11.4 Å². The number of hydrogen-bond acceptors (Lipinski definition) is 3. The van der Waals surface area contributed by atoms with Crippen LogP contribution in [0.15, 0.2) is 0 Å². The van der Waals surface area contributed by atoms with Crippen molar-refractivity contribution in [3.05, 3.63) is 0 Å². The van der Waals surface area contributed by atoms with Crippen LogP contribution in [0.25, 0.3) is 0 Å². The number of ether oxygens (including phenoxy) is 1. The van der Waals surface area contributed by atoms with Crippen LogP contribution in [0.1, 0.15) is 52.4 Å². The molecule has 2 aliphatic carbocycles. The van der Waals surface area contributed by atoms with Crippen LogP contribution in [0.3, 0.4) is 0 Å². The fourth-order valence-corrected chi connectivity index (χ4v) is 3.91. The monoisotopic (exact) mass is 253 g/mol. The second-order valence-electron chi connectivity index (χ2n) is 6.80. The first-order valence-corrected chi connectivity index (χ1v) is 7.31. The highest BCUT2D eigenvalue weighted by Crippen LogP contribution is 2.63. The fourth-order valence-electron chi connectivity index (χ4n) is 3.91. The summed E-state index contributed by atoms with van der Waals surface area (Å²) in [5.41, 5.74) is 0.310. The summed E-state index contributed by atoms with van der Waals surface area (Å²) in [5, 5.41) is 3.53. The second-order valence-corrected chi connectivity index (χ2v) is 6.80. The van der Waals surface area contributed by atoms with E-state index in [0.717, 1.165) is 32.4 Å². The highest BCUT2D eigenvalue weighted by Gasteiger charge is 2.58. The molecule has 2 saturated carbocycles. The van der Waals surface area contributed by atoms with Crippen molar-refractivity contribution in [3.8, 4) is 0 Å². The van der Waals surface area contributed by atoms with Crippen LogP contribution < -0.4 is 5.32 Å². The van der Waals surface area contributed by atoms with Gasteiger partial charge in [0.15, 0.2) is 0 Å². The molecular weight excluding hydrogens is 226 g/mol. The largest absolute Gasteiger partial charge is 0.469 e. The Labute approximate surface area is 111 Å². The third-order valence-electron chi connectivity index (χ3n) is 4.98. The summed E-state index contributed by atoms with van der Waals surface area (Å²) in [6.07, 6.45) is 6.80. The van der Waals surface area contributed by atoms with Gasteiger partial charge in [0.05, 0.1) is 12.5 Å². The Kier molecular flexibility index (Phi) is 4.00. The zero-order valence-corrected chi connectivity index (χ0v) is 12.1. The maximum Gasteiger partial charge on any atom is 0.311 e. The van der Waals surface area contributed by atoms with Crippen LogP contribution in [0.2, 0.25) is 0 Å². The normalized spacial score (nSPS) is 34.2. The van der Waals surface area contributed by atoms with Crippen molar-refractivity contribution in [2.75, 3.05) is 20.2 Å². The van der Waals surface area contributed by atoms with Crippen molar-refractivity contribution < 1.29 is 9.53 Å². The van der Waals surface area contributed by atoms with E-state index in [1.54, 1.807) is 0 Å². The van der Waals surface area contributed by atoms with E-state index < -0.39 is 0 Å². The molecule has 2 rings (SSSR count). The summed E-state index contributed by atoms with van der Waals surface area (Å²) in [5.74, 6) is 0.751. The number of carbonyl (C=O) groups is 1. The van der Waals surface area contributed by atoms with Crippen molar-refractivity contribution >= 4 is 5.97 Å². The minimum absolute atomic E-state index is 0.0389. The molecule has 18 heavy (non-hydrogen) atoms. The van der Waals surface area contributed by atoms with Gasteiger partial charge in [-0.1, -0.05) is 13.8 Å². The maximum atomic E-state index is 11.9. The number of methoxy groups -OCH3 is 1. The molecule has 0 spiro atoms. The summed E-state index contributed by atoms with van der Waals surface area (Å²) in [7, 11) is 1.53. The smallest absolute Gasteiger partial charge is 0.311 e. The summed E-state index contributed by atoms with van der Waals surface area (Å²) < 4.78 is 5.00. The summed E-state index contributed by atoms with van der Waals surface area (Å²) in [4.78, 5) is 11.9. The van der Waals surface area contributed by atoms with E-state index >= 15 is 0 Å². The van der Waals surface area contributed by atoms with Crippen LogP contribution in [0, 0.1) is 16.7 Å². The van der Waals surface area contributed by atoms with E-state index in [2.05, 4.69) is 19.2 Å². The summed E-state index contributed by atoms with van der Waals surface area (Å²) >= 11 is 0. The molecule has 0 amide bonds. The number of nitrogens with one attached hydrogen (secondary N) is 1. The topological polar surface area (TPSA) is 38.3 Å². The van der Waals surface area contributed by atoms with Crippen LogP contribution in [0.5, 0.6) is 0 Å². The molecule has 0 aromatic rings. The van der Waals surface area contributed by atoms with Crippen molar-refractivity contribution in [1.29, 1.82) is 0 Å². The molecule has 0 atom stereocenters. The first-order valence-electron chi connectivity index (χ1n) is 7.31. The maximum absolute atomic E-state index is 11.9. The van der Waals surface area contributed by atoms with Gasteiger partial charge < -0.3 is 10.1 Å². The standard InChI is InChI=1S/C15H27NO2/c1-12(2)10-16-9-8-14-4-6-15(11-14,7-5-14)13(17)18-3/h12,16H,4-11H2,1-3H3. The van der Waals surface area contributed by atoms with Gasteiger partial charge in [-0.25, -0.2) is 0 Å². The Bertz CT molecular complexity index is 304. The molecule has 104 valence electrons. The molecular formula is C15H27NO2. The van der Waals surface area contributed by atoms with E-state index in [1.165, 1.54) is 26.4 Å². The van der Waals surface area contributed by atoms with Gasteiger partial charge in [-0.05, 0) is 62.9 Å². The van der Waals surface area contributed by atoms with Gasteiger partial charge in [0.1, 0.15) is 0 Å². The van der Waals surface area contributed by atoms with Gasteiger partial charge in [-0.15, -0.1) is 0 Å². The molecule has 2 fully saturated rings. The zero-order valence-electron chi connectivity index (χ0n) is 12.1. The highest BCUT2D eigenvalue weighted by molar-refractivity contribution is 5.77. The second kappa shape index (κ2) is 5.20. The first-order chi connectivity index (χ1) is 8.52. The van der Waals surface area contributed by atoms with Gasteiger partial charge in [-0.2, -0.15) is 0 Å². The number of hydrogen-bond donors (Lipinski definition) is 1. The van der Waals surface area contributed by atoms with Gasteiger partial charge in [-0.3, -0.25) is 4.79 Å². The molecule has 0 aromatic carbocycles. The fraction of sp³-hybridized carbons (Fsp3) is 0.933. The minimum Gasteiger partial charge on any atom is -0.469 e. The average Bonchev–Trinajstić information content (AvgIpc) is 2.91. The van der Waals surface area contributed by atoms with Gasteiger partial charge in [0, 0.05) is 0 Å². The average molecular weight is 253 g/mol. The quantitative estimate of drug-likeness (QED) is 0.584. The van der Waals surface area contributed by atoms with Gasteiger partial charge >= 0.3 is 5.97 Å². The predicted octanol–water partition coefficient (Wildman–Crippen LogP) is 2.75. The Morgan fingerprint density at radius 3 is 2.50 bits per heavy atom. The lowest BCUT2D eigenvalue weighted by molar-refractivity contribution is -0.152. The lowest BCUT2D eigenvalue weighted by Gasteiger charge is -2.27. The zero-order chi connectivity index (χ0) is 13.2. The molecule has 0 heterocycles. The number of rotatable bonds is 6. The van der Waals surface area contributed by atoms with Crippen molar-refractivity contribution in [3.63, 3.8) is 0 Å². The molecule has 1 N–H and O–H groups in total. The number of carbonyl (C=O) groups excluding carboxylic acids is 1. The lowest BCUT2D eigenvalue weighted by atomic mass is 9.80. The molecule has 3 nitrogen and oxygen atoms in total. The van der Waals surface area contributed by atoms with Gasteiger partial charge in [0.25, 0.3) is 0 Å². The van der Waals surface area contributed by atoms with Gasteiger partial charge in [0.2, 0.25) is 0 Å². The SMILES string of the molecule is COC(=O)C12CCC(CCNCC(C)C)(CC1)C2. The summed E-state index contributed by atoms with van der Waals surface area (Å²) in [6, 6.07) is 0. The third kappa shape index (κ3) is 2.56. The van der Waals surface area contributed by atoms with E-state index in [4.69, 9.17) is 4.74 Å². The molecule has 0 aliphatic heterocycles. The van der Waals surface area contributed by atoms with Crippen LogP contribution in [0.4, 0.5) is 0 Å². The van der Waals surface area contributed by atoms with Crippen LogP contribution in [-0.4, -0.2) is 26.2 Å². The number of fused-ring (bicyclic) bond motifs is 2. The van der Waals surface area contributed by atoms with Crippen LogP contribution >= 0.6 is 0 Å². The lowest BCUT2D eigenvalue weighted by Crippen LogP contribution is -2.27. The number of esters is 1. The molecule has 0 unspecified atom stereocenters. The Balaban J connectivity index is 1.83. The summed E-state index contributed by atoms with van der Waals surface area (Å²) in [6.45, 7) is 6.66. The molecule has 2 aliphatic rings. The van der Waals surface area contributed by atoms with Crippen molar-refractivity contribution in [2.24, 2.45) is 16.7 Å². The van der Waals surface area contributed by atoms with E-state index in [9.17, 15) is 4.79 Å². The predicted molar refractivity (Wildman–Crippen MR) is 72.3 cm³/mol. The Morgan fingerprint density at radius 2 is 1.94 bits per heavy atom. The molecule has 3 heteroatoms. The van der Waals surface area contributed by atoms with Crippen molar-refractivity contribution in [1.82, 2.24) is 5.32 Å².